The van der Waals surface area contributed by atoms with E-state index >= 15 is 0 Å². The third kappa shape index (κ3) is 9.84. The largest absolute Gasteiger partial charge is 1.00 e. The van der Waals surface area contributed by atoms with Crippen LogP contribution in [0.5, 0.6) is 0 Å². The van der Waals surface area contributed by atoms with Crippen LogP contribution < -0.4 is 18.9 Å². The van der Waals surface area contributed by atoms with Crippen molar-refractivity contribution < 1.29 is 55.1 Å². The summed E-state index contributed by atoms with van der Waals surface area (Å²) in [6.07, 6.45) is 6.71. The smallest absolute Gasteiger partial charge is 1.00 e. The maximum absolute atomic E-state index is 10.3. The minimum absolute atomic E-state index is 0. The molecule has 0 aromatic rings. The summed E-state index contributed by atoms with van der Waals surface area (Å²) >= 11 is 0. The van der Waals surface area contributed by atoms with Crippen LogP contribution in [0.3, 0.4) is 0 Å². The van der Waals surface area contributed by atoms with Crippen molar-refractivity contribution in [2.75, 3.05) is 0 Å². The molecule has 1 aliphatic rings. The van der Waals surface area contributed by atoms with Gasteiger partial charge in [0.05, 0.1) is 12.8 Å². The summed E-state index contributed by atoms with van der Waals surface area (Å²) in [5, 5.41) is 33.8. The molecular weight excluding hydrogens is 263 g/mol. The summed E-state index contributed by atoms with van der Waals surface area (Å²) in [7, 11) is 0. The fourth-order valence-corrected chi connectivity index (χ4v) is 1.77. The molecular formula is C12H21LiO7. The minimum Gasteiger partial charge on any atom is -1.00 e. The van der Waals surface area contributed by atoms with E-state index in [1.807, 2.05) is 0 Å². The third-order valence-corrected chi connectivity index (χ3v) is 2.79. The normalized spacial score (nSPS) is 14.2. The maximum Gasteiger partial charge on any atom is 1.00 e. The number of hydrogen-bond donors (Lipinski definition) is 4. The van der Waals surface area contributed by atoms with Crippen molar-refractivity contribution in [3.8, 4) is 0 Å². The van der Waals surface area contributed by atoms with Crippen molar-refractivity contribution in [1.29, 1.82) is 0 Å². The molecule has 0 unspecified atom stereocenters. The van der Waals surface area contributed by atoms with Crippen molar-refractivity contribution in [2.45, 2.75) is 57.0 Å². The summed E-state index contributed by atoms with van der Waals surface area (Å²) < 4.78 is 0. The first-order valence-corrected chi connectivity index (χ1v) is 6.17. The van der Waals surface area contributed by atoms with Crippen LogP contribution in [0.4, 0.5) is 0 Å². The van der Waals surface area contributed by atoms with Crippen LogP contribution in [-0.4, -0.2) is 43.9 Å². The second kappa shape index (κ2) is 10.7. The molecule has 1 fully saturated rings. The summed E-state index contributed by atoms with van der Waals surface area (Å²) in [5.41, 5.74) is -2.74. The van der Waals surface area contributed by atoms with E-state index < -0.39 is 36.4 Å². The summed E-state index contributed by atoms with van der Waals surface area (Å²) in [6, 6.07) is 0. The van der Waals surface area contributed by atoms with Gasteiger partial charge in [-0.25, -0.2) is 4.79 Å². The Bertz CT molecular complexity index is 304. The molecule has 7 nitrogen and oxygen atoms in total. The minimum atomic E-state index is -2.74. The Morgan fingerprint density at radius 3 is 1.20 bits per heavy atom. The second-order valence-electron chi connectivity index (χ2n) is 4.60. The van der Waals surface area contributed by atoms with Crippen LogP contribution >= 0.6 is 0 Å². The Morgan fingerprint density at radius 1 is 0.800 bits per heavy atom. The Balaban J connectivity index is -0.000000342. The molecule has 0 spiro atoms. The first kappa shape index (κ1) is 21.3. The van der Waals surface area contributed by atoms with Gasteiger partial charge in [-0.1, -0.05) is 38.5 Å². The number of carboxylic acids is 3. The van der Waals surface area contributed by atoms with Crippen molar-refractivity contribution in [3.05, 3.63) is 0 Å². The van der Waals surface area contributed by atoms with Gasteiger partial charge in [0.15, 0.2) is 5.60 Å². The molecule has 0 saturated heterocycles. The van der Waals surface area contributed by atoms with Gasteiger partial charge in [-0.2, -0.15) is 0 Å². The zero-order valence-electron chi connectivity index (χ0n) is 12.7. The molecule has 0 amide bonds. The molecule has 0 bridgehead atoms. The van der Waals surface area contributed by atoms with Crippen molar-refractivity contribution in [2.24, 2.45) is 0 Å². The van der Waals surface area contributed by atoms with Crippen molar-refractivity contribution in [1.82, 2.24) is 0 Å². The Kier molecular flexibility index (Phi) is 11.4. The van der Waals surface area contributed by atoms with E-state index in [1.54, 1.807) is 0 Å². The molecule has 1 saturated carbocycles. The molecule has 4 N–H and O–H groups in total. The average molecular weight is 284 g/mol. The zero-order valence-corrected chi connectivity index (χ0v) is 11.7. The topological polar surface area (TPSA) is 132 Å². The van der Waals surface area contributed by atoms with Gasteiger partial charge in [-0.3, -0.25) is 9.59 Å². The molecule has 112 valence electrons. The molecule has 0 aromatic heterocycles. The van der Waals surface area contributed by atoms with Gasteiger partial charge in [0, 0.05) is 0 Å². The molecule has 0 atom stereocenters. The van der Waals surface area contributed by atoms with Gasteiger partial charge < -0.3 is 21.9 Å². The van der Waals surface area contributed by atoms with Crippen LogP contribution in [0.15, 0.2) is 0 Å². The number of aliphatic hydroxyl groups is 1. The fraction of sp³-hybridized carbons (Fsp3) is 0.750. The van der Waals surface area contributed by atoms with Gasteiger partial charge in [0.1, 0.15) is 0 Å². The van der Waals surface area contributed by atoms with Gasteiger partial charge in [-0.15, -0.1) is 0 Å². The quantitative estimate of drug-likeness (QED) is 0.438. The standard InChI is InChI=1S/C6H8O7.C6H12.Li.H/c7-3(8)1-6(13,5(11)12)2-4(9)10;1-2-4-6-5-3-1;;/h13H,1-2H2,(H,7,8)(H,9,10)(H,11,12);1-6H2;;/q;;+1;-1. The Hall–Kier alpha value is -1.03. The SMILES string of the molecule is C1CCCCC1.O=C(O)CC(O)(CC(=O)O)C(=O)O.[H-].[Li+]. The molecule has 0 aliphatic heterocycles. The molecule has 20 heavy (non-hydrogen) atoms. The molecule has 1 aliphatic carbocycles. The monoisotopic (exact) mass is 284 g/mol. The number of rotatable bonds is 5. The van der Waals surface area contributed by atoms with Crippen LogP contribution in [-0.2, 0) is 14.4 Å². The van der Waals surface area contributed by atoms with E-state index in [0.29, 0.717) is 0 Å². The van der Waals surface area contributed by atoms with Crippen LogP contribution in [0, 0.1) is 0 Å². The molecule has 0 heterocycles. The third-order valence-electron chi connectivity index (χ3n) is 2.79. The van der Waals surface area contributed by atoms with E-state index in [2.05, 4.69) is 0 Å². The number of aliphatic carboxylic acids is 3. The average Bonchev–Trinajstić information content (AvgIpc) is 2.29. The van der Waals surface area contributed by atoms with Crippen LogP contribution in [0.25, 0.3) is 0 Å². The van der Waals surface area contributed by atoms with E-state index in [1.165, 1.54) is 38.5 Å². The van der Waals surface area contributed by atoms with Crippen molar-refractivity contribution >= 4 is 17.9 Å². The summed E-state index contributed by atoms with van der Waals surface area (Å²) in [4.78, 5) is 30.5. The maximum atomic E-state index is 10.3. The van der Waals surface area contributed by atoms with E-state index in [4.69, 9.17) is 20.4 Å². The number of carbonyl (C=O) groups is 3. The zero-order chi connectivity index (χ0) is 14.9. The van der Waals surface area contributed by atoms with Gasteiger partial charge in [0.2, 0.25) is 0 Å². The summed E-state index contributed by atoms with van der Waals surface area (Å²) in [5.74, 6) is -5.02. The fourth-order valence-electron chi connectivity index (χ4n) is 1.77. The number of hydrogen-bond acceptors (Lipinski definition) is 4. The molecule has 1 rings (SSSR count). The predicted molar refractivity (Wildman–Crippen MR) is 65.9 cm³/mol. The first-order chi connectivity index (χ1) is 8.78. The van der Waals surface area contributed by atoms with E-state index in [-0.39, 0.29) is 20.3 Å². The Labute approximate surface area is 130 Å². The van der Waals surface area contributed by atoms with Gasteiger partial charge in [0.25, 0.3) is 0 Å². The van der Waals surface area contributed by atoms with Crippen molar-refractivity contribution in [3.63, 3.8) is 0 Å². The van der Waals surface area contributed by atoms with Gasteiger partial charge in [-0.05, 0) is 0 Å². The van der Waals surface area contributed by atoms with E-state index in [0.717, 1.165) is 0 Å². The van der Waals surface area contributed by atoms with E-state index in [9.17, 15) is 14.4 Å². The van der Waals surface area contributed by atoms with Gasteiger partial charge >= 0.3 is 36.8 Å². The molecule has 0 radical (unpaired) electrons. The second-order valence-corrected chi connectivity index (χ2v) is 4.60. The number of carboxylic acid groups (broad SMARTS) is 3. The first-order valence-electron chi connectivity index (χ1n) is 6.17. The molecule has 8 heteroatoms. The Morgan fingerprint density at radius 2 is 1.05 bits per heavy atom. The van der Waals surface area contributed by atoms with Crippen LogP contribution in [0.2, 0.25) is 0 Å². The van der Waals surface area contributed by atoms with Crippen LogP contribution in [0.1, 0.15) is 52.8 Å². The summed E-state index contributed by atoms with van der Waals surface area (Å²) in [6.45, 7) is 0. The predicted octanol–water partition coefficient (Wildman–Crippen LogP) is -1.79. The molecule has 0 aromatic carbocycles.